The smallest absolute Gasteiger partial charge is 0.313 e. The molecule has 0 N–H and O–H groups in total. The van der Waals surface area contributed by atoms with E-state index >= 15 is 0 Å². The first kappa shape index (κ1) is 11.8. The first-order valence-corrected chi connectivity index (χ1v) is 5.20. The maximum atomic E-state index is 11.6. The molecule has 1 rings (SSSR count). The SMILES string of the molecule is COC(=O)C(c1ccc(C)cc1)C(C)C. The summed E-state index contributed by atoms with van der Waals surface area (Å²) in [6.07, 6.45) is 0. The van der Waals surface area contributed by atoms with Crippen LogP contribution in [-0.4, -0.2) is 13.1 Å². The van der Waals surface area contributed by atoms with Crippen molar-refractivity contribution >= 4 is 5.97 Å². The summed E-state index contributed by atoms with van der Waals surface area (Å²) < 4.78 is 4.82. The Labute approximate surface area is 91.3 Å². The summed E-state index contributed by atoms with van der Waals surface area (Å²) in [4.78, 5) is 11.6. The highest BCUT2D eigenvalue weighted by Gasteiger charge is 2.24. The minimum absolute atomic E-state index is 0.157. The van der Waals surface area contributed by atoms with Gasteiger partial charge >= 0.3 is 5.97 Å². The number of methoxy groups -OCH3 is 1. The number of hydrogen-bond donors (Lipinski definition) is 0. The maximum absolute atomic E-state index is 11.6. The highest BCUT2D eigenvalue weighted by Crippen LogP contribution is 2.25. The van der Waals surface area contributed by atoms with Crippen LogP contribution in [0.2, 0.25) is 0 Å². The van der Waals surface area contributed by atoms with Crippen LogP contribution in [0.3, 0.4) is 0 Å². The third-order valence-corrected chi connectivity index (χ3v) is 2.56. The van der Waals surface area contributed by atoms with Gasteiger partial charge in [-0.1, -0.05) is 43.7 Å². The van der Waals surface area contributed by atoms with Crippen molar-refractivity contribution in [3.8, 4) is 0 Å². The monoisotopic (exact) mass is 206 g/mol. The zero-order valence-corrected chi connectivity index (χ0v) is 9.78. The Morgan fingerprint density at radius 2 is 1.73 bits per heavy atom. The number of esters is 1. The third-order valence-electron chi connectivity index (χ3n) is 2.56. The van der Waals surface area contributed by atoms with E-state index < -0.39 is 0 Å². The standard InChI is InChI=1S/C13H18O2/c1-9(2)12(13(14)15-4)11-7-5-10(3)6-8-11/h5-9,12H,1-4H3. The summed E-state index contributed by atoms with van der Waals surface area (Å²) in [5, 5.41) is 0. The van der Waals surface area contributed by atoms with Crippen molar-refractivity contribution in [2.75, 3.05) is 7.11 Å². The topological polar surface area (TPSA) is 26.3 Å². The first-order valence-electron chi connectivity index (χ1n) is 5.20. The van der Waals surface area contributed by atoms with Crippen molar-refractivity contribution in [3.63, 3.8) is 0 Å². The Morgan fingerprint density at radius 3 is 2.13 bits per heavy atom. The Kier molecular flexibility index (Phi) is 3.89. The summed E-state index contributed by atoms with van der Waals surface area (Å²) >= 11 is 0. The van der Waals surface area contributed by atoms with Crippen molar-refractivity contribution in [3.05, 3.63) is 35.4 Å². The number of benzene rings is 1. The van der Waals surface area contributed by atoms with Crippen LogP contribution >= 0.6 is 0 Å². The summed E-state index contributed by atoms with van der Waals surface area (Å²) in [7, 11) is 1.44. The van der Waals surface area contributed by atoms with Gasteiger partial charge in [0.25, 0.3) is 0 Å². The van der Waals surface area contributed by atoms with Gasteiger partial charge in [0, 0.05) is 0 Å². The largest absolute Gasteiger partial charge is 0.469 e. The lowest BCUT2D eigenvalue weighted by atomic mass is 9.88. The molecule has 0 aliphatic rings. The predicted molar refractivity (Wildman–Crippen MR) is 60.8 cm³/mol. The van der Waals surface area contributed by atoms with Crippen molar-refractivity contribution in [2.24, 2.45) is 5.92 Å². The third kappa shape index (κ3) is 2.82. The van der Waals surface area contributed by atoms with E-state index in [-0.39, 0.29) is 17.8 Å². The van der Waals surface area contributed by atoms with Crippen LogP contribution in [0.15, 0.2) is 24.3 Å². The van der Waals surface area contributed by atoms with Crippen molar-refractivity contribution in [1.82, 2.24) is 0 Å². The van der Waals surface area contributed by atoms with Gasteiger partial charge in [-0.15, -0.1) is 0 Å². The fraction of sp³-hybridized carbons (Fsp3) is 0.462. The molecule has 0 heterocycles. The predicted octanol–water partition coefficient (Wildman–Crippen LogP) is 2.91. The molecule has 0 aliphatic carbocycles. The van der Waals surface area contributed by atoms with Crippen LogP contribution in [0.25, 0.3) is 0 Å². The van der Waals surface area contributed by atoms with Crippen molar-refractivity contribution in [1.29, 1.82) is 0 Å². The number of carbonyl (C=O) groups is 1. The van der Waals surface area contributed by atoms with Gasteiger partial charge in [0.1, 0.15) is 0 Å². The number of ether oxygens (including phenoxy) is 1. The number of hydrogen-bond acceptors (Lipinski definition) is 2. The van der Waals surface area contributed by atoms with Gasteiger partial charge < -0.3 is 4.74 Å². The van der Waals surface area contributed by atoms with E-state index in [0.717, 1.165) is 5.56 Å². The normalized spacial score (nSPS) is 12.6. The Morgan fingerprint density at radius 1 is 1.20 bits per heavy atom. The lowest BCUT2D eigenvalue weighted by Crippen LogP contribution is -2.19. The molecule has 0 fully saturated rings. The molecule has 0 spiro atoms. The number of rotatable bonds is 3. The van der Waals surface area contributed by atoms with E-state index in [0.29, 0.717) is 0 Å². The molecule has 0 amide bonds. The second kappa shape index (κ2) is 4.96. The Hall–Kier alpha value is -1.31. The number of carbonyl (C=O) groups excluding carboxylic acids is 1. The zero-order chi connectivity index (χ0) is 11.4. The molecule has 82 valence electrons. The van der Waals surface area contributed by atoms with E-state index in [4.69, 9.17) is 4.74 Å². The molecular weight excluding hydrogens is 188 g/mol. The van der Waals surface area contributed by atoms with E-state index in [1.807, 2.05) is 45.0 Å². The van der Waals surface area contributed by atoms with Crippen LogP contribution in [0.4, 0.5) is 0 Å². The molecule has 1 unspecified atom stereocenters. The highest BCUT2D eigenvalue weighted by atomic mass is 16.5. The molecule has 1 aromatic carbocycles. The van der Waals surface area contributed by atoms with Crippen LogP contribution in [0.1, 0.15) is 30.9 Å². The lowest BCUT2D eigenvalue weighted by Gasteiger charge is -2.18. The van der Waals surface area contributed by atoms with Gasteiger partial charge in [0.05, 0.1) is 13.0 Å². The highest BCUT2D eigenvalue weighted by molar-refractivity contribution is 5.78. The molecule has 0 aromatic heterocycles. The summed E-state index contributed by atoms with van der Waals surface area (Å²) in [6.45, 7) is 6.09. The lowest BCUT2D eigenvalue weighted by molar-refractivity contribution is -0.143. The van der Waals surface area contributed by atoms with E-state index in [9.17, 15) is 4.79 Å². The van der Waals surface area contributed by atoms with Gasteiger partial charge in [-0.25, -0.2) is 0 Å². The molecule has 1 atom stereocenters. The molecule has 0 saturated carbocycles. The molecular formula is C13H18O2. The van der Waals surface area contributed by atoms with E-state index in [1.54, 1.807) is 0 Å². The Balaban J connectivity index is 2.99. The van der Waals surface area contributed by atoms with Crippen LogP contribution < -0.4 is 0 Å². The molecule has 2 heteroatoms. The summed E-state index contributed by atoms with van der Waals surface area (Å²) in [5.41, 5.74) is 2.23. The molecule has 2 nitrogen and oxygen atoms in total. The van der Waals surface area contributed by atoms with E-state index in [1.165, 1.54) is 12.7 Å². The summed E-state index contributed by atoms with van der Waals surface area (Å²) in [6, 6.07) is 8.04. The molecule has 1 aromatic rings. The quantitative estimate of drug-likeness (QED) is 0.711. The number of aryl methyl sites for hydroxylation is 1. The van der Waals surface area contributed by atoms with Gasteiger partial charge in [0.2, 0.25) is 0 Å². The Bertz CT molecular complexity index is 325. The molecule has 0 saturated heterocycles. The first-order chi connectivity index (χ1) is 7.06. The van der Waals surface area contributed by atoms with Gasteiger partial charge in [-0.3, -0.25) is 4.79 Å². The van der Waals surface area contributed by atoms with Gasteiger partial charge in [0.15, 0.2) is 0 Å². The van der Waals surface area contributed by atoms with Gasteiger partial charge in [-0.2, -0.15) is 0 Å². The molecule has 0 bridgehead atoms. The van der Waals surface area contributed by atoms with Crippen molar-refractivity contribution in [2.45, 2.75) is 26.7 Å². The maximum Gasteiger partial charge on any atom is 0.313 e. The van der Waals surface area contributed by atoms with E-state index in [2.05, 4.69) is 0 Å². The minimum Gasteiger partial charge on any atom is -0.469 e. The minimum atomic E-state index is -0.158. The fourth-order valence-corrected chi connectivity index (χ4v) is 1.69. The van der Waals surface area contributed by atoms with Crippen molar-refractivity contribution < 1.29 is 9.53 Å². The average Bonchev–Trinajstić information content (AvgIpc) is 2.20. The summed E-state index contributed by atoms with van der Waals surface area (Å²) in [5.74, 6) is -0.0652. The van der Waals surface area contributed by atoms with Crippen LogP contribution in [-0.2, 0) is 9.53 Å². The molecule has 15 heavy (non-hydrogen) atoms. The zero-order valence-electron chi connectivity index (χ0n) is 9.78. The molecule has 0 radical (unpaired) electrons. The second-order valence-corrected chi connectivity index (χ2v) is 4.16. The van der Waals surface area contributed by atoms with Gasteiger partial charge in [-0.05, 0) is 18.4 Å². The fourth-order valence-electron chi connectivity index (χ4n) is 1.69. The van der Waals surface area contributed by atoms with Crippen LogP contribution in [0.5, 0.6) is 0 Å². The van der Waals surface area contributed by atoms with Crippen LogP contribution in [0, 0.1) is 12.8 Å². The average molecular weight is 206 g/mol. The molecule has 0 aliphatic heterocycles. The second-order valence-electron chi connectivity index (χ2n) is 4.16.